The minimum atomic E-state index is -0.965. The van der Waals surface area contributed by atoms with Crippen molar-refractivity contribution in [2.45, 2.75) is 13.8 Å². The summed E-state index contributed by atoms with van der Waals surface area (Å²) in [5, 5.41) is 0. The predicted molar refractivity (Wildman–Crippen MR) is 87.5 cm³/mol. The molecule has 24 heavy (non-hydrogen) atoms. The molecule has 2 aromatic rings. The Labute approximate surface area is 137 Å². The van der Waals surface area contributed by atoms with Crippen LogP contribution in [0.5, 0.6) is 0 Å². The zero-order chi connectivity index (χ0) is 18.0. The molecule has 2 rings (SSSR count). The average Bonchev–Trinajstić information content (AvgIpc) is 2.50. The van der Waals surface area contributed by atoms with Crippen LogP contribution in [0.2, 0.25) is 0 Å². The zero-order valence-electron chi connectivity index (χ0n) is 13.2. The molecule has 0 atom stereocenters. The van der Waals surface area contributed by atoms with Gasteiger partial charge in [0.1, 0.15) is 11.6 Å². The number of hydrogen-bond donors (Lipinski definition) is 2. The fraction of sp³-hybridized carbons (Fsp3) is 0.111. The van der Waals surface area contributed by atoms with Gasteiger partial charge in [0.2, 0.25) is 11.8 Å². The minimum Gasteiger partial charge on any atom is -0.366 e. The van der Waals surface area contributed by atoms with Crippen LogP contribution in [-0.4, -0.2) is 11.8 Å². The van der Waals surface area contributed by atoms with Crippen LogP contribution in [0.1, 0.15) is 22.3 Å². The van der Waals surface area contributed by atoms with Gasteiger partial charge in [0, 0.05) is 0 Å². The SMILES string of the molecule is Cc1ccc(/C(C(N)=O)=C(\C(N)=O)c2ccc(C)c(F)c2)cc1F. The normalized spacial score (nSPS) is 11.8. The third-order valence-corrected chi connectivity index (χ3v) is 3.66. The van der Waals surface area contributed by atoms with Gasteiger partial charge in [0.05, 0.1) is 11.1 Å². The number of benzene rings is 2. The van der Waals surface area contributed by atoms with Crippen LogP contribution in [0.4, 0.5) is 8.78 Å². The van der Waals surface area contributed by atoms with Gasteiger partial charge in [0.25, 0.3) is 0 Å². The summed E-state index contributed by atoms with van der Waals surface area (Å²) in [5.74, 6) is -3.06. The maximum atomic E-state index is 13.8. The van der Waals surface area contributed by atoms with E-state index in [1.54, 1.807) is 13.8 Å². The molecule has 6 heteroatoms. The van der Waals surface area contributed by atoms with Crippen LogP contribution < -0.4 is 11.5 Å². The van der Waals surface area contributed by atoms with Crippen molar-refractivity contribution in [1.82, 2.24) is 0 Å². The predicted octanol–water partition coefficient (Wildman–Crippen LogP) is 2.46. The van der Waals surface area contributed by atoms with E-state index < -0.39 is 23.4 Å². The summed E-state index contributed by atoms with van der Waals surface area (Å²) in [4.78, 5) is 23.8. The summed E-state index contributed by atoms with van der Waals surface area (Å²) in [6, 6.07) is 7.97. The third-order valence-electron chi connectivity index (χ3n) is 3.66. The van der Waals surface area contributed by atoms with Crippen molar-refractivity contribution < 1.29 is 18.4 Å². The van der Waals surface area contributed by atoms with E-state index in [0.29, 0.717) is 11.1 Å². The molecule has 0 saturated carbocycles. The molecule has 4 nitrogen and oxygen atoms in total. The number of amides is 2. The van der Waals surface area contributed by atoms with Crippen molar-refractivity contribution in [2.75, 3.05) is 0 Å². The maximum Gasteiger partial charge on any atom is 0.250 e. The first-order chi connectivity index (χ1) is 11.2. The van der Waals surface area contributed by atoms with E-state index in [1.807, 2.05) is 0 Å². The van der Waals surface area contributed by atoms with Crippen LogP contribution in [0.15, 0.2) is 36.4 Å². The number of aryl methyl sites for hydroxylation is 2. The average molecular weight is 330 g/mol. The molecule has 0 heterocycles. The largest absolute Gasteiger partial charge is 0.366 e. The van der Waals surface area contributed by atoms with Crippen LogP contribution in [0, 0.1) is 25.5 Å². The summed E-state index contributed by atoms with van der Waals surface area (Å²) in [6.07, 6.45) is 0. The highest BCUT2D eigenvalue weighted by Crippen LogP contribution is 2.28. The molecule has 4 N–H and O–H groups in total. The summed E-state index contributed by atoms with van der Waals surface area (Å²) in [5.41, 5.74) is 11.2. The third kappa shape index (κ3) is 3.32. The summed E-state index contributed by atoms with van der Waals surface area (Å²) >= 11 is 0. The lowest BCUT2D eigenvalue weighted by Crippen LogP contribution is -2.21. The van der Waals surface area contributed by atoms with Gasteiger partial charge in [0.15, 0.2) is 0 Å². The van der Waals surface area contributed by atoms with E-state index in [0.717, 1.165) is 12.1 Å². The van der Waals surface area contributed by atoms with Crippen LogP contribution in [-0.2, 0) is 9.59 Å². The molecule has 0 aromatic heterocycles. The molecule has 2 aromatic carbocycles. The number of rotatable bonds is 4. The van der Waals surface area contributed by atoms with Crippen molar-refractivity contribution in [3.8, 4) is 0 Å². The highest BCUT2D eigenvalue weighted by molar-refractivity contribution is 6.39. The van der Waals surface area contributed by atoms with Gasteiger partial charge in [-0.3, -0.25) is 9.59 Å². The Hall–Kier alpha value is -3.02. The quantitative estimate of drug-likeness (QED) is 0.666. The van der Waals surface area contributed by atoms with Gasteiger partial charge >= 0.3 is 0 Å². The van der Waals surface area contributed by atoms with Crippen molar-refractivity contribution in [1.29, 1.82) is 0 Å². The van der Waals surface area contributed by atoms with Crippen molar-refractivity contribution >= 4 is 23.0 Å². The standard InChI is InChI=1S/C18H16F2N2O2/c1-9-3-5-11(7-13(9)19)15(17(21)23)16(18(22)24)12-6-4-10(2)14(20)8-12/h3-8H,1-2H3,(H2,21,23)(H2,22,24)/b16-15+. The van der Waals surface area contributed by atoms with E-state index in [4.69, 9.17) is 11.5 Å². The molecule has 2 amide bonds. The Balaban J connectivity index is 2.81. The van der Waals surface area contributed by atoms with Gasteiger partial charge < -0.3 is 11.5 Å². The van der Waals surface area contributed by atoms with E-state index in [2.05, 4.69) is 0 Å². The molecular weight excluding hydrogens is 314 g/mol. The van der Waals surface area contributed by atoms with E-state index in [1.165, 1.54) is 24.3 Å². The van der Waals surface area contributed by atoms with Gasteiger partial charge in [-0.15, -0.1) is 0 Å². The second-order valence-corrected chi connectivity index (χ2v) is 5.41. The summed E-state index contributed by atoms with van der Waals surface area (Å²) < 4.78 is 27.7. The molecule has 0 fully saturated rings. The van der Waals surface area contributed by atoms with Gasteiger partial charge in [-0.25, -0.2) is 8.78 Å². The van der Waals surface area contributed by atoms with Crippen LogP contribution >= 0.6 is 0 Å². The van der Waals surface area contributed by atoms with Gasteiger partial charge in [-0.1, -0.05) is 24.3 Å². The number of halogens is 2. The van der Waals surface area contributed by atoms with E-state index in [9.17, 15) is 18.4 Å². The molecule has 0 aliphatic heterocycles. The van der Waals surface area contributed by atoms with Crippen molar-refractivity contribution in [3.05, 3.63) is 70.3 Å². The zero-order valence-corrected chi connectivity index (χ0v) is 13.2. The number of hydrogen-bond acceptors (Lipinski definition) is 2. The number of nitrogens with two attached hydrogens (primary N) is 2. The minimum absolute atomic E-state index is 0.0976. The fourth-order valence-electron chi connectivity index (χ4n) is 2.32. The summed E-state index contributed by atoms with van der Waals surface area (Å²) in [7, 11) is 0. The van der Waals surface area contributed by atoms with Gasteiger partial charge in [-0.05, 0) is 48.2 Å². The number of primary amides is 2. The lowest BCUT2D eigenvalue weighted by atomic mass is 9.92. The smallest absolute Gasteiger partial charge is 0.250 e. The molecule has 0 radical (unpaired) electrons. The van der Waals surface area contributed by atoms with Crippen molar-refractivity contribution in [3.63, 3.8) is 0 Å². The highest BCUT2D eigenvalue weighted by atomic mass is 19.1. The second-order valence-electron chi connectivity index (χ2n) is 5.41. The number of carbonyl (C=O) groups is 2. The molecule has 0 aliphatic rings. The Morgan fingerprint density at radius 3 is 1.33 bits per heavy atom. The molecule has 0 bridgehead atoms. The number of carbonyl (C=O) groups excluding carboxylic acids is 2. The van der Waals surface area contributed by atoms with Crippen LogP contribution in [0.3, 0.4) is 0 Å². The molecule has 0 unspecified atom stereocenters. The maximum absolute atomic E-state index is 13.8. The Bertz CT molecular complexity index is 802. The second kappa shape index (κ2) is 6.62. The Kier molecular flexibility index (Phi) is 4.78. The molecule has 0 spiro atoms. The van der Waals surface area contributed by atoms with Gasteiger partial charge in [-0.2, -0.15) is 0 Å². The van der Waals surface area contributed by atoms with E-state index in [-0.39, 0.29) is 22.3 Å². The molecule has 0 saturated heterocycles. The first-order valence-corrected chi connectivity index (χ1v) is 7.09. The lowest BCUT2D eigenvalue weighted by molar-refractivity contribution is -0.114. The highest BCUT2D eigenvalue weighted by Gasteiger charge is 2.22. The fourth-order valence-corrected chi connectivity index (χ4v) is 2.32. The van der Waals surface area contributed by atoms with Crippen molar-refractivity contribution in [2.24, 2.45) is 11.5 Å². The molecule has 0 aliphatic carbocycles. The molecule has 124 valence electrons. The topological polar surface area (TPSA) is 86.2 Å². The van der Waals surface area contributed by atoms with Crippen LogP contribution in [0.25, 0.3) is 11.1 Å². The first-order valence-electron chi connectivity index (χ1n) is 7.09. The first kappa shape index (κ1) is 17.3. The Morgan fingerprint density at radius 1 is 0.750 bits per heavy atom. The van der Waals surface area contributed by atoms with E-state index >= 15 is 0 Å². The lowest BCUT2D eigenvalue weighted by Gasteiger charge is -2.12. The monoisotopic (exact) mass is 330 g/mol. The Morgan fingerprint density at radius 2 is 1.08 bits per heavy atom. The summed E-state index contributed by atoms with van der Waals surface area (Å²) in [6.45, 7) is 3.11. The molecular formula is C18H16F2N2O2.